The minimum atomic E-state index is -0.404. The van der Waals surface area contributed by atoms with Crippen molar-refractivity contribution < 1.29 is 19.1 Å². The molecule has 5 nitrogen and oxygen atoms in total. The number of rotatable bonds is 5. The predicted molar refractivity (Wildman–Crippen MR) is 107 cm³/mol. The number of amides is 1. The lowest BCUT2D eigenvalue weighted by Gasteiger charge is -2.33. The molecule has 0 saturated heterocycles. The Morgan fingerprint density at radius 1 is 1.22 bits per heavy atom. The summed E-state index contributed by atoms with van der Waals surface area (Å²) in [5, 5.41) is 0. The monoisotopic (exact) mass is 389 g/mol. The summed E-state index contributed by atoms with van der Waals surface area (Å²) in [5.41, 5.74) is 1.91. The number of hydrogen-bond donors (Lipinski definition) is 0. The molecule has 2 aliphatic carbocycles. The Bertz CT molecular complexity index is 754. The first-order valence-electron chi connectivity index (χ1n) is 9.80. The van der Waals surface area contributed by atoms with Gasteiger partial charge in [0.1, 0.15) is 10.7 Å². The Morgan fingerprint density at radius 2 is 1.96 bits per heavy atom. The van der Waals surface area contributed by atoms with Gasteiger partial charge in [0, 0.05) is 30.2 Å². The molecule has 6 heteroatoms. The Kier molecular flexibility index (Phi) is 6.47. The van der Waals surface area contributed by atoms with E-state index < -0.39 is 5.97 Å². The van der Waals surface area contributed by atoms with Crippen LogP contribution in [0.5, 0.6) is 0 Å². The molecule has 1 fully saturated rings. The van der Waals surface area contributed by atoms with E-state index in [2.05, 4.69) is 6.08 Å². The SMILES string of the molecule is CCC(=O)N(c1cc(C2=CCCCC2)sc1C(=O)OC)C1CCC(=O)CC1. The Hall–Kier alpha value is -1.95. The fourth-order valence-corrected chi connectivity index (χ4v) is 5.04. The lowest BCUT2D eigenvalue weighted by Crippen LogP contribution is -2.43. The molecule has 0 unspecified atom stereocenters. The van der Waals surface area contributed by atoms with Crippen LogP contribution in [-0.4, -0.2) is 30.8 Å². The van der Waals surface area contributed by atoms with E-state index in [1.807, 2.05) is 13.0 Å². The average Bonchev–Trinajstić information content (AvgIpc) is 3.14. The highest BCUT2D eigenvalue weighted by Gasteiger charge is 2.33. The minimum absolute atomic E-state index is 0.0125. The first-order valence-corrected chi connectivity index (χ1v) is 10.6. The van der Waals surface area contributed by atoms with Crippen LogP contribution in [0.15, 0.2) is 12.1 Å². The lowest BCUT2D eigenvalue weighted by molar-refractivity contribution is -0.122. The van der Waals surface area contributed by atoms with E-state index in [-0.39, 0.29) is 17.7 Å². The third kappa shape index (κ3) is 4.32. The molecule has 27 heavy (non-hydrogen) atoms. The molecule has 0 aliphatic heterocycles. The number of ether oxygens (including phenoxy) is 1. The molecule has 1 aromatic heterocycles. The van der Waals surface area contributed by atoms with Gasteiger partial charge in [-0.1, -0.05) is 13.0 Å². The molecule has 1 aromatic rings. The highest BCUT2D eigenvalue weighted by molar-refractivity contribution is 7.15. The molecule has 0 atom stereocenters. The summed E-state index contributed by atoms with van der Waals surface area (Å²) in [7, 11) is 1.37. The standard InChI is InChI=1S/C21H27NO4S/c1-3-19(24)22(15-9-11-16(23)12-10-15)17-13-18(14-7-5-4-6-8-14)27-20(17)21(25)26-2/h7,13,15H,3-6,8-12H2,1-2H3. The summed E-state index contributed by atoms with van der Waals surface area (Å²) < 4.78 is 5.01. The highest BCUT2D eigenvalue weighted by Crippen LogP contribution is 2.40. The van der Waals surface area contributed by atoms with Gasteiger partial charge in [-0.3, -0.25) is 9.59 Å². The second-order valence-electron chi connectivity index (χ2n) is 7.18. The number of allylic oxidation sites excluding steroid dienone is 2. The smallest absolute Gasteiger partial charge is 0.350 e. The second kappa shape index (κ2) is 8.83. The van der Waals surface area contributed by atoms with Gasteiger partial charge in [0.15, 0.2) is 0 Å². The van der Waals surface area contributed by atoms with Crippen LogP contribution >= 0.6 is 11.3 Å². The quantitative estimate of drug-likeness (QED) is 0.682. The predicted octanol–water partition coefficient (Wildman–Crippen LogP) is 4.75. The zero-order valence-electron chi connectivity index (χ0n) is 16.1. The van der Waals surface area contributed by atoms with E-state index in [0.717, 1.165) is 24.1 Å². The number of carbonyl (C=O) groups is 3. The summed E-state index contributed by atoms with van der Waals surface area (Å²) >= 11 is 1.42. The van der Waals surface area contributed by atoms with Gasteiger partial charge >= 0.3 is 5.97 Å². The number of Topliss-reactive ketones (excluding diaryl/α,β-unsaturated/α-hetero) is 1. The maximum Gasteiger partial charge on any atom is 0.350 e. The number of hydrogen-bond acceptors (Lipinski definition) is 5. The molecule has 0 spiro atoms. The average molecular weight is 390 g/mol. The maximum absolute atomic E-state index is 12.8. The summed E-state index contributed by atoms with van der Waals surface area (Å²) in [5.74, 6) is -0.165. The molecule has 1 saturated carbocycles. The number of anilines is 1. The summed E-state index contributed by atoms with van der Waals surface area (Å²) in [4.78, 5) is 40.2. The molecule has 146 valence electrons. The topological polar surface area (TPSA) is 63.7 Å². The van der Waals surface area contributed by atoms with Gasteiger partial charge in [-0.2, -0.15) is 0 Å². The molecule has 0 aromatic carbocycles. The number of methoxy groups -OCH3 is 1. The van der Waals surface area contributed by atoms with Crippen LogP contribution in [-0.2, 0) is 14.3 Å². The zero-order valence-corrected chi connectivity index (χ0v) is 16.9. The van der Waals surface area contributed by atoms with Crippen LogP contribution < -0.4 is 4.90 Å². The number of carbonyl (C=O) groups excluding carboxylic acids is 3. The number of ketones is 1. The van der Waals surface area contributed by atoms with Gasteiger partial charge in [-0.25, -0.2) is 4.79 Å². The second-order valence-corrected chi connectivity index (χ2v) is 8.23. The number of thiophene rings is 1. The van der Waals surface area contributed by atoms with Gasteiger partial charge in [-0.15, -0.1) is 11.3 Å². The van der Waals surface area contributed by atoms with Gasteiger partial charge in [0.25, 0.3) is 0 Å². The minimum Gasteiger partial charge on any atom is -0.465 e. The molecule has 0 bridgehead atoms. The van der Waals surface area contributed by atoms with Gasteiger partial charge in [0.2, 0.25) is 5.91 Å². The van der Waals surface area contributed by atoms with Crippen LogP contribution in [0.25, 0.3) is 5.57 Å². The van der Waals surface area contributed by atoms with Crippen molar-refractivity contribution in [3.05, 3.63) is 21.9 Å². The lowest BCUT2D eigenvalue weighted by atomic mass is 9.92. The van der Waals surface area contributed by atoms with E-state index in [0.29, 0.717) is 42.7 Å². The van der Waals surface area contributed by atoms with Crippen LogP contribution in [0, 0.1) is 0 Å². The van der Waals surface area contributed by atoms with Crippen molar-refractivity contribution in [2.45, 2.75) is 70.8 Å². The Balaban J connectivity index is 2.02. The van der Waals surface area contributed by atoms with E-state index in [9.17, 15) is 14.4 Å². The summed E-state index contributed by atoms with van der Waals surface area (Å²) in [6.07, 6.45) is 9.29. The van der Waals surface area contributed by atoms with E-state index >= 15 is 0 Å². The van der Waals surface area contributed by atoms with Crippen molar-refractivity contribution in [2.24, 2.45) is 0 Å². The van der Waals surface area contributed by atoms with Crippen molar-refractivity contribution in [3.63, 3.8) is 0 Å². The summed E-state index contributed by atoms with van der Waals surface area (Å²) in [6, 6.07) is 1.94. The fraction of sp³-hybridized carbons (Fsp3) is 0.571. The molecular weight excluding hydrogens is 362 g/mol. The third-order valence-electron chi connectivity index (χ3n) is 5.40. The Labute approximate surface area is 164 Å². The Morgan fingerprint density at radius 3 is 2.56 bits per heavy atom. The van der Waals surface area contributed by atoms with Crippen LogP contribution in [0.3, 0.4) is 0 Å². The van der Waals surface area contributed by atoms with Crippen molar-refractivity contribution >= 4 is 40.3 Å². The van der Waals surface area contributed by atoms with Crippen LogP contribution in [0.4, 0.5) is 5.69 Å². The van der Waals surface area contributed by atoms with Gasteiger partial charge < -0.3 is 9.64 Å². The van der Waals surface area contributed by atoms with Crippen molar-refractivity contribution in [1.82, 2.24) is 0 Å². The molecule has 2 aliphatic rings. The largest absolute Gasteiger partial charge is 0.465 e. The van der Waals surface area contributed by atoms with Gasteiger partial charge in [0.05, 0.1) is 12.8 Å². The first kappa shape index (κ1) is 19.8. The third-order valence-corrected chi connectivity index (χ3v) is 6.58. The van der Waals surface area contributed by atoms with E-state index in [1.165, 1.54) is 30.4 Å². The molecular formula is C21H27NO4S. The molecule has 3 rings (SSSR count). The first-order chi connectivity index (χ1) is 13.0. The fourth-order valence-electron chi connectivity index (χ4n) is 3.91. The van der Waals surface area contributed by atoms with Crippen LogP contribution in [0.1, 0.15) is 79.3 Å². The molecule has 1 amide bonds. The highest BCUT2D eigenvalue weighted by atomic mass is 32.1. The zero-order chi connectivity index (χ0) is 19.4. The molecule has 1 heterocycles. The van der Waals surface area contributed by atoms with E-state index in [1.54, 1.807) is 4.90 Å². The van der Waals surface area contributed by atoms with Crippen molar-refractivity contribution in [1.29, 1.82) is 0 Å². The van der Waals surface area contributed by atoms with E-state index in [4.69, 9.17) is 4.74 Å². The molecule has 0 radical (unpaired) electrons. The van der Waals surface area contributed by atoms with Crippen molar-refractivity contribution in [3.8, 4) is 0 Å². The van der Waals surface area contributed by atoms with Crippen LogP contribution in [0.2, 0.25) is 0 Å². The molecule has 0 N–H and O–H groups in total. The summed E-state index contributed by atoms with van der Waals surface area (Å²) in [6.45, 7) is 1.83. The maximum atomic E-state index is 12.8. The normalized spacial score (nSPS) is 18.1. The van der Waals surface area contributed by atoms with Crippen molar-refractivity contribution in [2.75, 3.05) is 12.0 Å². The number of nitrogens with zero attached hydrogens (tertiary/aromatic N) is 1. The van der Waals surface area contributed by atoms with Gasteiger partial charge in [-0.05, 0) is 50.2 Å². The number of esters is 1.